The van der Waals surface area contributed by atoms with E-state index in [2.05, 4.69) is 0 Å². The smallest absolute Gasteiger partial charge is 0.295 e. The lowest BCUT2D eigenvalue weighted by atomic mass is 9.94. The predicted octanol–water partition coefficient (Wildman–Crippen LogP) is 4.59. The van der Waals surface area contributed by atoms with E-state index >= 15 is 0 Å². The maximum atomic E-state index is 13.0. The molecule has 2 aromatic carbocycles. The molecule has 164 valence electrons. The summed E-state index contributed by atoms with van der Waals surface area (Å²) in [6, 6.07) is 12.9. The summed E-state index contributed by atoms with van der Waals surface area (Å²) in [5.74, 6) is -1.10. The maximum absolute atomic E-state index is 13.0. The van der Waals surface area contributed by atoms with Crippen molar-refractivity contribution >= 4 is 29.1 Å². The number of rotatable bonds is 8. The van der Waals surface area contributed by atoms with Crippen molar-refractivity contribution < 1.29 is 24.2 Å². The Hall–Kier alpha value is -2.83. The Balaban J connectivity index is 2.07. The number of aliphatic hydroxyl groups is 1. The second-order valence-electron chi connectivity index (χ2n) is 7.51. The lowest BCUT2D eigenvalue weighted by molar-refractivity contribution is -0.140. The monoisotopic (exact) mass is 443 g/mol. The van der Waals surface area contributed by atoms with Gasteiger partial charge in [-0.3, -0.25) is 9.59 Å². The molecule has 0 aromatic heterocycles. The first-order valence-corrected chi connectivity index (χ1v) is 10.5. The van der Waals surface area contributed by atoms with Gasteiger partial charge in [-0.1, -0.05) is 29.8 Å². The van der Waals surface area contributed by atoms with Crippen molar-refractivity contribution in [1.82, 2.24) is 4.90 Å². The van der Waals surface area contributed by atoms with E-state index in [1.165, 1.54) is 12.0 Å². The van der Waals surface area contributed by atoms with Crippen LogP contribution < -0.4 is 4.74 Å². The van der Waals surface area contributed by atoms with Gasteiger partial charge >= 0.3 is 0 Å². The molecule has 0 radical (unpaired) electrons. The Bertz CT molecular complexity index is 984. The number of ketones is 1. The van der Waals surface area contributed by atoms with E-state index in [0.717, 1.165) is 0 Å². The number of benzene rings is 2. The molecule has 1 atom stereocenters. The van der Waals surface area contributed by atoms with Gasteiger partial charge in [-0.25, -0.2) is 0 Å². The molecule has 1 saturated heterocycles. The van der Waals surface area contributed by atoms with E-state index in [0.29, 0.717) is 41.5 Å². The molecule has 0 saturated carbocycles. The fourth-order valence-corrected chi connectivity index (χ4v) is 3.77. The van der Waals surface area contributed by atoms with Gasteiger partial charge in [0.25, 0.3) is 11.7 Å². The molecule has 0 bridgehead atoms. The highest BCUT2D eigenvalue weighted by molar-refractivity contribution is 6.46. The summed E-state index contributed by atoms with van der Waals surface area (Å²) in [5, 5.41) is 11.5. The Kier molecular flexibility index (Phi) is 7.36. The summed E-state index contributed by atoms with van der Waals surface area (Å²) in [6.45, 7) is 4.63. The van der Waals surface area contributed by atoms with Gasteiger partial charge in [0.15, 0.2) is 0 Å². The molecule has 1 heterocycles. The average Bonchev–Trinajstić information content (AvgIpc) is 3.01. The summed E-state index contributed by atoms with van der Waals surface area (Å²) in [5.41, 5.74) is 1.07. The molecule has 1 N–H and O–H groups in total. The number of nitrogens with zero attached hydrogens (tertiary/aromatic N) is 1. The number of aliphatic hydroxyl groups excluding tert-OH is 1. The van der Waals surface area contributed by atoms with E-state index < -0.39 is 17.7 Å². The minimum absolute atomic E-state index is 0.0293. The number of carbonyl (C=O) groups is 2. The minimum atomic E-state index is -0.772. The first kappa shape index (κ1) is 22.8. The highest BCUT2D eigenvalue weighted by Crippen LogP contribution is 2.42. The number of halogens is 1. The largest absolute Gasteiger partial charge is 0.507 e. The molecule has 0 aliphatic carbocycles. The van der Waals surface area contributed by atoms with Crippen LogP contribution in [0.3, 0.4) is 0 Å². The lowest BCUT2D eigenvalue weighted by Gasteiger charge is -2.26. The van der Waals surface area contributed by atoms with Crippen LogP contribution in [0.25, 0.3) is 5.76 Å². The molecule has 6 nitrogen and oxygen atoms in total. The zero-order valence-electron chi connectivity index (χ0n) is 17.8. The summed E-state index contributed by atoms with van der Waals surface area (Å²) in [4.78, 5) is 27.4. The molecule has 7 heteroatoms. The first-order chi connectivity index (χ1) is 14.8. The van der Waals surface area contributed by atoms with Crippen molar-refractivity contribution in [2.45, 2.75) is 32.4 Å². The van der Waals surface area contributed by atoms with Gasteiger partial charge in [0.05, 0.1) is 24.8 Å². The first-order valence-electron chi connectivity index (χ1n) is 10.1. The van der Waals surface area contributed by atoms with Crippen molar-refractivity contribution in [3.63, 3.8) is 0 Å². The Labute approximate surface area is 187 Å². The third kappa shape index (κ3) is 4.92. The third-order valence-electron chi connectivity index (χ3n) is 5.09. The SMILES string of the molecule is COc1ccccc1[C@@H]1C(=C(O)c2ccc(Cl)cc2)C(=O)C(=O)N1CCCOC(C)C. The van der Waals surface area contributed by atoms with Crippen molar-refractivity contribution in [3.8, 4) is 5.75 Å². The quantitative estimate of drug-likeness (QED) is 0.279. The van der Waals surface area contributed by atoms with E-state index in [1.54, 1.807) is 36.4 Å². The van der Waals surface area contributed by atoms with Crippen LogP contribution in [-0.4, -0.2) is 48.1 Å². The fraction of sp³-hybridized carbons (Fsp3) is 0.333. The lowest BCUT2D eigenvalue weighted by Crippen LogP contribution is -2.31. The van der Waals surface area contributed by atoms with Gasteiger partial charge in [0.1, 0.15) is 11.5 Å². The van der Waals surface area contributed by atoms with Crippen LogP contribution in [0.4, 0.5) is 0 Å². The van der Waals surface area contributed by atoms with Crippen LogP contribution in [0, 0.1) is 0 Å². The zero-order chi connectivity index (χ0) is 22.5. The van der Waals surface area contributed by atoms with Crippen LogP contribution in [0.5, 0.6) is 5.75 Å². The van der Waals surface area contributed by atoms with Crippen LogP contribution in [0.15, 0.2) is 54.1 Å². The summed E-state index contributed by atoms with van der Waals surface area (Å²) < 4.78 is 11.1. The third-order valence-corrected chi connectivity index (χ3v) is 5.34. The van der Waals surface area contributed by atoms with Crippen molar-refractivity contribution in [2.24, 2.45) is 0 Å². The number of carbonyl (C=O) groups excluding carboxylic acids is 2. The van der Waals surface area contributed by atoms with Crippen molar-refractivity contribution in [1.29, 1.82) is 0 Å². The standard InChI is InChI=1S/C24H26ClNO5/c1-15(2)31-14-6-13-26-21(18-7-4-5-8-19(18)30-3)20(23(28)24(26)29)22(27)16-9-11-17(25)12-10-16/h4-5,7-12,15,21,27H,6,13-14H2,1-3H3/t21-/m1/s1. The summed E-state index contributed by atoms with van der Waals surface area (Å²) in [6.07, 6.45) is 0.628. The Morgan fingerprint density at radius 3 is 2.45 bits per heavy atom. The molecule has 1 aliphatic rings. The van der Waals surface area contributed by atoms with Gasteiger partial charge in [0.2, 0.25) is 0 Å². The molecule has 0 spiro atoms. The molecule has 1 aliphatic heterocycles. The van der Waals surface area contributed by atoms with Gasteiger partial charge in [-0.15, -0.1) is 0 Å². The fourth-order valence-electron chi connectivity index (χ4n) is 3.64. The van der Waals surface area contributed by atoms with Crippen LogP contribution >= 0.6 is 11.6 Å². The molecule has 2 aromatic rings. The number of para-hydroxylation sites is 1. The highest BCUT2D eigenvalue weighted by Gasteiger charge is 2.46. The number of Topliss-reactive ketones (excluding diaryl/α,β-unsaturated/α-hetero) is 1. The van der Waals surface area contributed by atoms with Gasteiger partial charge in [-0.05, 0) is 50.6 Å². The number of amides is 1. The molecular weight excluding hydrogens is 418 g/mol. The normalized spacial score (nSPS) is 18.1. The molecular formula is C24H26ClNO5. The summed E-state index contributed by atoms with van der Waals surface area (Å²) in [7, 11) is 1.53. The van der Waals surface area contributed by atoms with Gasteiger partial charge < -0.3 is 19.5 Å². The Morgan fingerprint density at radius 2 is 1.81 bits per heavy atom. The molecule has 31 heavy (non-hydrogen) atoms. The topological polar surface area (TPSA) is 76.1 Å². The average molecular weight is 444 g/mol. The van der Waals surface area contributed by atoms with E-state index in [-0.39, 0.29) is 17.4 Å². The number of hydrogen-bond acceptors (Lipinski definition) is 5. The van der Waals surface area contributed by atoms with Crippen molar-refractivity contribution in [3.05, 3.63) is 70.3 Å². The Morgan fingerprint density at radius 1 is 1.13 bits per heavy atom. The minimum Gasteiger partial charge on any atom is -0.507 e. The van der Waals surface area contributed by atoms with E-state index in [1.807, 2.05) is 26.0 Å². The maximum Gasteiger partial charge on any atom is 0.295 e. The highest BCUT2D eigenvalue weighted by atomic mass is 35.5. The van der Waals surface area contributed by atoms with Gasteiger partial charge in [-0.2, -0.15) is 0 Å². The van der Waals surface area contributed by atoms with Gasteiger partial charge in [0, 0.05) is 29.3 Å². The number of ether oxygens (including phenoxy) is 2. The number of likely N-dealkylation sites (tertiary alicyclic amines) is 1. The summed E-state index contributed by atoms with van der Waals surface area (Å²) >= 11 is 5.95. The van der Waals surface area contributed by atoms with Crippen molar-refractivity contribution in [2.75, 3.05) is 20.3 Å². The molecule has 1 fully saturated rings. The van der Waals surface area contributed by atoms with Crippen LogP contribution in [0.1, 0.15) is 37.4 Å². The molecule has 1 amide bonds. The van der Waals surface area contributed by atoms with E-state index in [4.69, 9.17) is 21.1 Å². The zero-order valence-corrected chi connectivity index (χ0v) is 18.6. The number of methoxy groups -OCH3 is 1. The van der Waals surface area contributed by atoms with E-state index in [9.17, 15) is 14.7 Å². The second-order valence-corrected chi connectivity index (χ2v) is 7.95. The molecule has 3 rings (SSSR count). The molecule has 0 unspecified atom stereocenters. The predicted molar refractivity (Wildman–Crippen MR) is 119 cm³/mol. The number of hydrogen-bond donors (Lipinski definition) is 1. The van der Waals surface area contributed by atoms with Crippen LogP contribution in [-0.2, 0) is 14.3 Å². The van der Waals surface area contributed by atoms with Crippen LogP contribution in [0.2, 0.25) is 5.02 Å². The second kappa shape index (κ2) is 9.98.